The maximum Gasteiger partial charge on any atom is 0.338 e. The second-order valence-corrected chi connectivity index (χ2v) is 10.6. The SMILES string of the molecule is CCCC(=O)OCC(CC)(COC(=O)CCN(C)C(CCN(C)CCC)N(C)C)COC(=O)c1ccccc1. The highest BCUT2D eigenvalue weighted by Crippen LogP contribution is 2.25. The van der Waals surface area contributed by atoms with Crippen molar-refractivity contribution in [3.8, 4) is 0 Å². The van der Waals surface area contributed by atoms with Gasteiger partial charge < -0.3 is 19.1 Å². The Balaban J connectivity index is 2.75. The van der Waals surface area contributed by atoms with Crippen molar-refractivity contribution < 1.29 is 28.6 Å². The van der Waals surface area contributed by atoms with Crippen molar-refractivity contribution in [1.82, 2.24) is 14.7 Å². The Morgan fingerprint density at radius 2 is 1.36 bits per heavy atom. The predicted molar refractivity (Wildman–Crippen MR) is 153 cm³/mol. The van der Waals surface area contributed by atoms with E-state index in [9.17, 15) is 14.4 Å². The molecule has 0 radical (unpaired) electrons. The van der Waals surface area contributed by atoms with E-state index >= 15 is 0 Å². The van der Waals surface area contributed by atoms with Crippen LogP contribution in [0.3, 0.4) is 0 Å². The van der Waals surface area contributed by atoms with Gasteiger partial charge >= 0.3 is 17.9 Å². The van der Waals surface area contributed by atoms with Crippen LogP contribution in [0.15, 0.2) is 30.3 Å². The highest BCUT2D eigenvalue weighted by molar-refractivity contribution is 5.89. The quantitative estimate of drug-likeness (QED) is 0.136. The average molecular weight is 550 g/mol. The molecule has 9 heteroatoms. The lowest BCUT2D eigenvalue weighted by molar-refractivity contribution is -0.157. The molecule has 1 aromatic carbocycles. The van der Waals surface area contributed by atoms with Crippen LogP contribution < -0.4 is 0 Å². The van der Waals surface area contributed by atoms with E-state index in [2.05, 4.69) is 28.7 Å². The number of esters is 3. The van der Waals surface area contributed by atoms with Gasteiger partial charge in [-0.3, -0.25) is 19.4 Å². The molecule has 2 atom stereocenters. The molecule has 0 heterocycles. The molecule has 222 valence electrons. The van der Waals surface area contributed by atoms with Gasteiger partial charge in [-0.1, -0.05) is 39.0 Å². The Hall–Kier alpha value is -2.49. The van der Waals surface area contributed by atoms with E-state index in [0.717, 1.165) is 25.9 Å². The molecule has 0 spiro atoms. The van der Waals surface area contributed by atoms with E-state index < -0.39 is 11.4 Å². The highest BCUT2D eigenvalue weighted by atomic mass is 16.6. The van der Waals surface area contributed by atoms with E-state index in [1.54, 1.807) is 24.3 Å². The van der Waals surface area contributed by atoms with Crippen LogP contribution in [-0.2, 0) is 23.8 Å². The van der Waals surface area contributed by atoms with Crippen LogP contribution in [0.5, 0.6) is 0 Å². The van der Waals surface area contributed by atoms with Crippen molar-refractivity contribution in [2.45, 2.75) is 65.5 Å². The first-order valence-corrected chi connectivity index (χ1v) is 14.2. The minimum atomic E-state index is -0.828. The molecule has 0 saturated heterocycles. The van der Waals surface area contributed by atoms with Crippen LogP contribution in [0.25, 0.3) is 0 Å². The maximum absolute atomic E-state index is 12.8. The van der Waals surface area contributed by atoms with Crippen molar-refractivity contribution >= 4 is 17.9 Å². The second kappa shape index (κ2) is 18.7. The summed E-state index contributed by atoms with van der Waals surface area (Å²) in [5.74, 6) is -1.13. The third-order valence-corrected chi connectivity index (χ3v) is 6.95. The lowest BCUT2D eigenvalue weighted by Gasteiger charge is -2.34. The zero-order valence-corrected chi connectivity index (χ0v) is 25.2. The molecule has 0 saturated carbocycles. The fourth-order valence-corrected chi connectivity index (χ4v) is 4.24. The van der Waals surface area contributed by atoms with Gasteiger partial charge in [0.05, 0.1) is 23.6 Å². The van der Waals surface area contributed by atoms with Gasteiger partial charge in [0.2, 0.25) is 0 Å². The Kier molecular flexibility index (Phi) is 16.6. The minimum absolute atomic E-state index is 0.00552. The van der Waals surface area contributed by atoms with Gasteiger partial charge in [0, 0.05) is 19.5 Å². The van der Waals surface area contributed by atoms with E-state index in [0.29, 0.717) is 31.4 Å². The highest BCUT2D eigenvalue weighted by Gasteiger charge is 2.34. The molecule has 39 heavy (non-hydrogen) atoms. The fourth-order valence-electron chi connectivity index (χ4n) is 4.24. The maximum atomic E-state index is 12.8. The molecule has 0 aliphatic carbocycles. The molecule has 0 aliphatic rings. The van der Waals surface area contributed by atoms with E-state index in [1.807, 2.05) is 41.1 Å². The molecule has 9 nitrogen and oxygen atoms in total. The first-order valence-electron chi connectivity index (χ1n) is 14.2. The van der Waals surface area contributed by atoms with Gasteiger partial charge in [-0.25, -0.2) is 4.79 Å². The number of carbonyl (C=O) groups excluding carboxylic acids is 3. The summed E-state index contributed by atoms with van der Waals surface area (Å²) in [6.45, 7) is 8.53. The average Bonchev–Trinajstić information content (AvgIpc) is 2.92. The number of nitrogens with zero attached hydrogens (tertiary/aromatic N) is 3. The largest absolute Gasteiger partial charge is 0.465 e. The first-order chi connectivity index (χ1) is 18.6. The zero-order valence-electron chi connectivity index (χ0n) is 25.2. The van der Waals surface area contributed by atoms with Crippen LogP contribution in [-0.4, -0.2) is 106 Å². The summed E-state index contributed by atoms with van der Waals surface area (Å²) in [6.07, 6.45) is 3.98. The van der Waals surface area contributed by atoms with Crippen LogP contribution >= 0.6 is 0 Å². The van der Waals surface area contributed by atoms with Crippen LogP contribution in [0.4, 0.5) is 0 Å². The van der Waals surface area contributed by atoms with Crippen LogP contribution in [0, 0.1) is 5.41 Å². The van der Waals surface area contributed by atoms with Crippen molar-refractivity contribution in [3.63, 3.8) is 0 Å². The minimum Gasteiger partial charge on any atom is -0.465 e. The van der Waals surface area contributed by atoms with Crippen molar-refractivity contribution in [2.75, 3.05) is 67.6 Å². The van der Waals surface area contributed by atoms with Gasteiger partial charge in [-0.15, -0.1) is 0 Å². The van der Waals surface area contributed by atoms with E-state index in [1.165, 1.54) is 0 Å². The van der Waals surface area contributed by atoms with Gasteiger partial charge in [-0.2, -0.15) is 0 Å². The number of ether oxygens (including phenoxy) is 3. The third-order valence-electron chi connectivity index (χ3n) is 6.95. The second-order valence-electron chi connectivity index (χ2n) is 10.6. The lowest BCUT2D eigenvalue weighted by Crippen LogP contribution is -2.45. The fraction of sp³-hybridized carbons (Fsp3) is 0.700. The Bertz CT molecular complexity index is 850. The smallest absolute Gasteiger partial charge is 0.338 e. The summed E-state index contributed by atoms with van der Waals surface area (Å²) in [4.78, 5) is 44.1. The molecular weight excluding hydrogens is 498 g/mol. The summed E-state index contributed by atoms with van der Waals surface area (Å²) in [5.41, 5.74) is -0.396. The summed E-state index contributed by atoms with van der Waals surface area (Å²) in [7, 11) is 8.24. The molecule has 0 bridgehead atoms. The number of benzene rings is 1. The summed E-state index contributed by atoms with van der Waals surface area (Å²) in [6, 6.07) is 8.70. The summed E-state index contributed by atoms with van der Waals surface area (Å²) >= 11 is 0. The Morgan fingerprint density at radius 3 is 1.90 bits per heavy atom. The molecule has 1 rings (SSSR count). The van der Waals surface area contributed by atoms with Gasteiger partial charge in [0.15, 0.2) is 0 Å². The number of carbonyl (C=O) groups is 3. The van der Waals surface area contributed by atoms with Crippen molar-refractivity contribution in [3.05, 3.63) is 35.9 Å². The predicted octanol–water partition coefficient (Wildman–Crippen LogP) is 4.07. The van der Waals surface area contributed by atoms with Crippen LogP contribution in [0.2, 0.25) is 0 Å². The molecule has 0 amide bonds. The topological polar surface area (TPSA) is 88.6 Å². The first kappa shape index (κ1) is 34.5. The monoisotopic (exact) mass is 549 g/mol. The molecule has 0 aliphatic heterocycles. The lowest BCUT2D eigenvalue weighted by atomic mass is 9.88. The van der Waals surface area contributed by atoms with Gasteiger partial charge in [0.25, 0.3) is 0 Å². The molecule has 0 N–H and O–H groups in total. The zero-order chi connectivity index (χ0) is 29.3. The molecule has 2 unspecified atom stereocenters. The molecule has 0 aromatic heterocycles. The Labute approximate surface area is 235 Å². The van der Waals surface area contributed by atoms with E-state index in [-0.39, 0.29) is 44.3 Å². The third kappa shape index (κ3) is 13.4. The standard InChI is InChI=1S/C30H51N3O6/c1-8-14-27(34)37-22-30(10-3,24-39-29(36)25-15-12-11-13-16-25)23-38-28(35)18-21-33(7)26(31(4)5)17-20-32(6)19-9-2/h11-13,15-16,26H,8-10,14,17-24H2,1-7H3. The number of hydrogen-bond donors (Lipinski definition) is 0. The Morgan fingerprint density at radius 1 is 0.769 bits per heavy atom. The number of rotatable bonds is 20. The van der Waals surface area contributed by atoms with Crippen molar-refractivity contribution in [1.29, 1.82) is 0 Å². The van der Waals surface area contributed by atoms with Gasteiger partial charge in [-0.05, 0) is 72.6 Å². The summed E-state index contributed by atoms with van der Waals surface area (Å²) < 4.78 is 16.8. The van der Waals surface area contributed by atoms with Gasteiger partial charge in [0.1, 0.15) is 19.8 Å². The summed E-state index contributed by atoms with van der Waals surface area (Å²) in [5, 5.41) is 0. The molecular formula is C30H51N3O6. The number of hydrogen-bond acceptors (Lipinski definition) is 9. The normalized spacial score (nSPS) is 13.8. The molecule has 1 aromatic rings. The van der Waals surface area contributed by atoms with Crippen LogP contribution in [0.1, 0.15) is 69.7 Å². The van der Waals surface area contributed by atoms with E-state index in [4.69, 9.17) is 14.2 Å². The van der Waals surface area contributed by atoms with Crippen molar-refractivity contribution in [2.24, 2.45) is 5.41 Å². The molecule has 0 fully saturated rings.